The van der Waals surface area contributed by atoms with Crippen LogP contribution in [-0.2, 0) is 7.05 Å². The van der Waals surface area contributed by atoms with Crippen molar-refractivity contribution >= 4 is 5.95 Å². The number of rotatable bonds is 0. The molecular formula is C7H8N6O. The fourth-order valence-corrected chi connectivity index (χ4v) is 1.21. The Balaban J connectivity index is 2.93. The summed E-state index contributed by atoms with van der Waals surface area (Å²) in [4.78, 5) is 22.7. The monoisotopic (exact) mass is 192 g/mol. The van der Waals surface area contributed by atoms with Gasteiger partial charge >= 0.3 is 5.56 Å². The van der Waals surface area contributed by atoms with E-state index in [-0.39, 0.29) is 11.6 Å². The van der Waals surface area contributed by atoms with Gasteiger partial charge in [-0.15, -0.1) is 0 Å². The zero-order valence-corrected chi connectivity index (χ0v) is 7.72. The Hall–Kier alpha value is -2.05. The highest BCUT2D eigenvalue weighted by Crippen LogP contribution is 2.09. The summed E-state index contributed by atoms with van der Waals surface area (Å²) in [5.41, 5.74) is 5.05. The molecule has 0 atom stereocenters. The first kappa shape index (κ1) is 8.54. The van der Waals surface area contributed by atoms with Gasteiger partial charge in [0.25, 0.3) is 0 Å². The van der Waals surface area contributed by atoms with Crippen molar-refractivity contribution in [2.24, 2.45) is 7.05 Å². The third kappa shape index (κ3) is 1.18. The molecule has 7 nitrogen and oxygen atoms in total. The van der Waals surface area contributed by atoms with Gasteiger partial charge in [-0.3, -0.25) is 4.79 Å². The Kier molecular flexibility index (Phi) is 1.66. The van der Waals surface area contributed by atoms with Gasteiger partial charge in [-0.1, -0.05) is 0 Å². The summed E-state index contributed by atoms with van der Waals surface area (Å²) in [6, 6.07) is 0. The Morgan fingerprint density at radius 3 is 2.71 bits per heavy atom. The van der Waals surface area contributed by atoms with Crippen LogP contribution in [0.25, 0.3) is 11.5 Å². The lowest BCUT2D eigenvalue weighted by molar-refractivity contribution is 0.685. The van der Waals surface area contributed by atoms with E-state index in [1.165, 1.54) is 4.68 Å². The molecule has 2 rings (SSSR count). The van der Waals surface area contributed by atoms with Gasteiger partial charge in [0, 0.05) is 7.05 Å². The normalized spacial score (nSPS) is 10.7. The molecule has 0 amide bonds. The standard InChI is InChI=1S/C7H8N6O/c1-3-9-4-5(13(2)12-3)10-7(8)11-6(4)14/h1-2H3,(H2,8,11,14). The summed E-state index contributed by atoms with van der Waals surface area (Å²) < 4.78 is 1.46. The van der Waals surface area contributed by atoms with Gasteiger partial charge in [-0.05, 0) is 6.92 Å². The van der Waals surface area contributed by atoms with E-state index in [9.17, 15) is 4.79 Å². The predicted molar refractivity (Wildman–Crippen MR) is 48.6 cm³/mol. The van der Waals surface area contributed by atoms with E-state index in [0.29, 0.717) is 11.6 Å². The first-order valence-corrected chi connectivity index (χ1v) is 3.93. The minimum Gasteiger partial charge on any atom is -0.368 e. The maximum Gasteiger partial charge on any atom is 0.302 e. The lowest BCUT2D eigenvalue weighted by Gasteiger charge is -2.07. The second-order valence-electron chi connectivity index (χ2n) is 2.84. The lowest BCUT2D eigenvalue weighted by atomic mass is 10.4. The van der Waals surface area contributed by atoms with Crippen LogP contribution in [0.3, 0.4) is 0 Å². The summed E-state index contributed by atoms with van der Waals surface area (Å²) in [6.45, 7) is 1.69. The van der Waals surface area contributed by atoms with Gasteiger partial charge in [0.05, 0.1) is 0 Å². The molecule has 2 N–H and O–H groups in total. The van der Waals surface area contributed by atoms with Crippen molar-refractivity contribution in [2.75, 3.05) is 5.73 Å². The van der Waals surface area contributed by atoms with E-state index in [1.54, 1.807) is 14.0 Å². The summed E-state index contributed by atoms with van der Waals surface area (Å²) in [5.74, 6) is 0.768. The number of fused-ring (bicyclic) bond motifs is 1. The Labute approximate surface area is 79.0 Å². The van der Waals surface area contributed by atoms with Gasteiger partial charge in [-0.2, -0.15) is 15.1 Å². The molecule has 0 aromatic rings. The van der Waals surface area contributed by atoms with E-state index in [2.05, 4.69) is 20.1 Å². The van der Waals surface area contributed by atoms with Crippen LogP contribution in [0.1, 0.15) is 5.82 Å². The summed E-state index contributed by atoms with van der Waals surface area (Å²) in [6.07, 6.45) is 0. The van der Waals surface area contributed by atoms with Crippen molar-refractivity contribution in [1.82, 2.24) is 24.7 Å². The van der Waals surface area contributed by atoms with Gasteiger partial charge in [0.2, 0.25) is 5.95 Å². The number of aromatic nitrogens is 5. The SMILES string of the molecule is Cc1nc2c(=O)nc(N)nc-2n(C)n1. The van der Waals surface area contributed by atoms with Crippen molar-refractivity contribution < 1.29 is 0 Å². The van der Waals surface area contributed by atoms with Crippen LogP contribution >= 0.6 is 0 Å². The molecule has 0 aromatic carbocycles. The Morgan fingerprint density at radius 2 is 2.00 bits per heavy atom. The zero-order chi connectivity index (χ0) is 10.3. The highest BCUT2D eigenvalue weighted by atomic mass is 16.1. The second-order valence-corrected chi connectivity index (χ2v) is 2.84. The quantitative estimate of drug-likeness (QED) is 0.572. The molecule has 0 unspecified atom stereocenters. The third-order valence-electron chi connectivity index (χ3n) is 1.73. The van der Waals surface area contributed by atoms with Crippen LogP contribution in [0.15, 0.2) is 4.79 Å². The van der Waals surface area contributed by atoms with Crippen LogP contribution in [0, 0.1) is 6.92 Å². The fourth-order valence-electron chi connectivity index (χ4n) is 1.21. The van der Waals surface area contributed by atoms with Crippen LogP contribution in [0.2, 0.25) is 0 Å². The number of hydrogen-bond acceptors (Lipinski definition) is 6. The number of aryl methyl sites for hydroxylation is 2. The topological polar surface area (TPSA) is 99.6 Å². The van der Waals surface area contributed by atoms with Crippen molar-refractivity contribution in [1.29, 1.82) is 0 Å². The fraction of sp³-hybridized carbons (Fsp3) is 0.286. The van der Waals surface area contributed by atoms with Gasteiger partial charge in [-0.25, -0.2) is 9.67 Å². The minimum absolute atomic E-state index is 0.0643. The van der Waals surface area contributed by atoms with E-state index in [0.717, 1.165) is 0 Å². The number of anilines is 1. The van der Waals surface area contributed by atoms with Crippen molar-refractivity contribution in [3.8, 4) is 11.5 Å². The molecule has 0 spiro atoms. The number of nitrogen functional groups attached to an aromatic ring is 1. The molecule has 0 saturated heterocycles. The van der Waals surface area contributed by atoms with Crippen molar-refractivity contribution in [3.63, 3.8) is 0 Å². The third-order valence-corrected chi connectivity index (χ3v) is 1.73. The first-order valence-electron chi connectivity index (χ1n) is 3.93. The highest BCUT2D eigenvalue weighted by molar-refractivity contribution is 5.50. The highest BCUT2D eigenvalue weighted by Gasteiger charge is 2.15. The van der Waals surface area contributed by atoms with E-state index >= 15 is 0 Å². The molecule has 0 radical (unpaired) electrons. The van der Waals surface area contributed by atoms with Gasteiger partial charge < -0.3 is 5.73 Å². The maximum atomic E-state index is 11.4. The van der Waals surface area contributed by atoms with E-state index in [4.69, 9.17) is 5.73 Å². The number of nitrogens with two attached hydrogens (primary N) is 1. The van der Waals surface area contributed by atoms with Gasteiger partial charge in [0.15, 0.2) is 11.5 Å². The Bertz CT molecular complexity index is 519. The lowest BCUT2D eigenvalue weighted by Crippen LogP contribution is -2.22. The molecular weight excluding hydrogens is 184 g/mol. The minimum atomic E-state index is -0.478. The number of hydrogen-bond donors (Lipinski definition) is 1. The molecule has 14 heavy (non-hydrogen) atoms. The molecule has 0 bridgehead atoms. The molecule has 0 aromatic heterocycles. The predicted octanol–water partition coefficient (Wildman–Crippen LogP) is -1.04. The van der Waals surface area contributed by atoms with Gasteiger partial charge in [0.1, 0.15) is 5.82 Å². The molecule has 2 aliphatic heterocycles. The molecule has 0 aliphatic carbocycles. The average molecular weight is 192 g/mol. The zero-order valence-electron chi connectivity index (χ0n) is 7.72. The summed E-state index contributed by atoms with van der Waals surface area (Å²) in [5, 5.41) is 4.00. The average Bonchev–Trinajstić information content (AvgIpc) is 2.07. The van der Waals surface area contributed by atoms with Crippen LogP contribution in [-0.4, -0.2) is 24.7 Å². The number of nitrogens with zero attached hydrogens (tertiary/aromatic N) is 5. The van der Waals surface area contributed by atoms with E-state index in [1.807, 2.05) is 0 Å². The Morgan fingerprint density at radius 1 is 1.29 bits per heavy atom. The molecule has 72 valence electrons. The second kappa shape index (κ2) is 2.72. The maximum absolute atomic E-state index is 11.4. The molecule has 0 fully saturated rings. The van der Waals surface area contributed by atoms with E-state index < -0.39 is 5.56 Å². The van der Waals surface area contributed by atoms with Crippen molar-refractivity contribution in [2.45, 2.75) is 6.92 Å². The van der Waals surface area contributed by atoms with Crippen LogP contribution in [0.4, 0.5) is 5.95 Å². The summed E-state index contributed by atoms with van der Waals surface area (Å²) >= 11 is 0. The van der Waals surface area contributed by atoms with Crippen LogP contribution < -0.4 is 11.3 Å². The largest absolute Gasteiger partial charge is 0.368 e. The summed E-state index contributed by atoms with van der Waals surface area (Å²) in [7, 11) is 1.67. The molecule has 2 aliphatic rings. The first-order chi connectivity index (χ1) is 6.58. The van der Waals surface area contributed by atoms with Crippen LogP contribution in [0.5, 0.6) is 0 Å². The smallest absolute Gasteiger partial charge is 0.302 e. The molecule has 2 heterocycles. The van der Waals surface area contributed by atoms with Crippen molar-refractivity contribution in [3.05, 3.63) is 16.2 Å². The molecule has 0 saturated carbocycles. The molecule has 7 heteroatoms.